The van der Waals surface area contributed by atoms with Crippen molar-refractivity contribution in [1.82, 2.24) is 0 Å². The van der Waals surface area contributed by atoms with Gasteiger partial charge in [-0.15, -0.1) is 6.58 Å². The third-order valence-corrected chi connectivity index (χ3v) is 2.97. The van der Waals surface area contributed by atoms with Crippen LogP contribution in [0.4, 0.5) is 0 Å². The molecular weight excluding hydrogens is 148 g/mol. The number of hydrogen-bond acceptors (Lipinski definition) is 1. The molecule has 0 bridgehead atoms. The summed E-state index contributed by atoms with van der Waals surface area (Å²) in [5.41, 5.74) is -0.424. The van der Waals surface area contributed by atoms with E-state index in [9.17, 15) is 5.11 Å². The van der Waals surface area contributed by atoms with Crippen LogP contribution >= 0.6 is 0 Å². The van der Waals surface area contributed by atoms with Gasteiger partial charge in [-0.05, 0) is 31.6 Å². The molecule has 1 fully saturated rings. The lowest BCUT2D eigenvalue weighted by Crippen LogP contribution is -2.26. The predicted octanol–water partition coefficient (Wildman–Crippen LogP) is 2.89. The molecule has 0 aliphatic heterocycles. The first-order valence-corrected chi connectivity index (χ1v) is 4.99. The van der Waals surface area contributed by atoms with Crippen molar-refractivity contribution in [3.05, 3.63) is 12.7 Å². The van der Waals surface area contributed by atoms with Crippen LogP contribution in [0.15, 0.2) is 12.7 Å². The van der Waals surface area contributed by atoms with Crippen molar-refractivity contribution < 1.29 is 5.11 Å². The fourth-order valence-electron chi connectivity index (χ4n) is 2.04. The van der Waals surface area contributed by atoms with Crippen LogP contribution in [0.3, 0.4) is 0 Å². The minimum atomic E-state index is -0.424. The molecule has 0 aromatic carbocycles. The van der Waals surface area contributed by atoms with Crippen LogP contribution in [0.5, 0.6) is 0 Å². The Balaban J connectivity index is 2.48. The Morgan fingerprint density at radius 2 is 2.25 bits per heavy atom. The molecule has 1 aliphatic rings. The molecule has 12 heavy (non-hydrogen) atoms. The Hall–Kier alpha value is -0.300. The van der Waals surface area contributed by atoms with E-state index in [1.165, 1.54) is 19.3 Å². The van der Waals surface area contributed by atoms with Crippen LogP contribution < -0.4 is 0 Å². The molecule has 1 nitrogen and oxygen atoms in total. The molecule has 0 aromatic rings. The molecule has 0 saturated heterocycles. The van der Waals surface area contributed by atoms with Gasteiger partial charge >= 0.3 is 0 Å². The minimum Gasteiger partial charge on any atom is -0.390 e. The molecule has 1 aliphatic carbocycles. The third-order valence-electron chi connectivity index (χ3n) is 2.97. The van der Waals surface area contributed by atoms with Crippen molar-refractivity contribution in [2.24, 2.45) is 5.92 Å². The van der Waals surface area contributed by atoms with Crippen LogP contribution in [0.2, 0.25) is 0 Å². The van der Waals surface area contributed by atoms with Gasteiger partial charge in [0.05, 0.1) is 5.60 Å². The molecule has 2 atom stereocenters. The summed E-state index contributed by atoms with van der Waals surface area (Å²) < 4.78 is 0. The Bertz CT molecular complexity index is 153. The number of aliphatic hydroxyl groups is 1. The van der Waals surface area contributed by atoms with Crippen molar-refractivity contribution in [1.29, 1.82) is 0 Å². The second-order valence-corrected chi connectivity index (χ2v) is 4.25. The first kappa shape index (κ1) is 9.79. The zero-order valence-corrected chi connectivity index (χ0v) is 8.05. The van der Waals surface area contributed by atoms with E-state index in [1.807, 2.05) is 6.08 Å². The quantitative estimate of drug-likeness (QED) is 0.496. The second kappa shape index (κ2) is 4.08. The zero-order valence-electron chi connectivity index (χ0n) is 8.05. The van der Waals surface area contributed by atoms with E-state index in [2.05, 4.69) is 13.5 Å². The lowest BCUT2D eigenvalue weighted by molar-refractivity contribution is 0.0271. The SMILES string of the molecule is C=CCC1(O)CCCC(C)CC1. The van der Waals surface area contributed by atoms with Gasteiger partial charge in [-0.1, -0.05) is 25.8 Å². The summed E-state index contributed by atoms with van der Waals surface area (Å²) in [7, 11) is 0. The number of hydrogen-bond donors (Lipinski definition) is 1. The molecule has 0 spiro atoms. The minimum absolute atomic E-state index is 0.424. The second-order valence-electron chi connectivity index (χ2n) is 4.25. The van der Waals surface area contributed by atoms with E-state index in [4.69, 9.17) is 0 Å². The van der Waals surface area contributed by atoms with Crippen molar-refractivity contribution in [3.63, 3.8) is 0 Å². The summed E-state index contributed by atoms with van der Waals surface area (Å²) in [5, 5.41) is 10.1. The molecule has 1 saturated carbocycles. The molecule has 1 heteroatoms. The molecule has 0 radical (unpaired) electrons. The summed E-state index contributed by atoms with van der Waals surface area (Å²) in [4.78, 5) is 0. The number of rotatable bonds is 2. The largest absolute Gasteiger partial charge is 0.390 e. The van der Waals surface area contributed by atoms with Gasteiger partial charge in [-0.25, -0.2) is 0 Å². The summed E-state index contributed by atoms with van der Waals surface area (Å²) in [5.74, 6) is 0.795. The molecule has 0 amide bonds. The van der Waals surface area contributed by atoms with Gasteiger partial charge in [0.2, 0.25) is 0 Å². The topological polar surface area (TPSA) is 20.2 Å². The third kappa shape index (κ3) is 2.63. The van der Waals surface area contributed by atoms with Gasteiger partial charge in [0.1, 0.15) is 0 Å². The Labute approximate surface area is 75.5 Å². The average molecular weight is 168 g/mol. The van der Waals surface area contributed by atoms with Crippen molar-refractivity contribution in [2.45, 2.75) is 51.0 Å². The van der Waals surface area contributed by atoms with Gasteiger partial charge < -0.3 is 5.11 Å². The molecule has 0 heterocycles. The van der Waals surface area contributed by atoms with Crippen LogP contribution in [0.25, 0.3) is 0 Å². The summed E-state index contributed by atoms with van der Waals surface area (Å²) in [6.45, 7) is 5.97. The highest BCUT2D eigenvalue weighted by molar-refractivity contribution is 4.88. The molecule has 0 aromatic heterocycles. The van der Waals surface area contributed by atoms with Gasteiger partial charge in [0.15, 0.2) is 0 Å². The zero-order chi connectivity index (χ0) is 9.03. The van der Waals surface area contributed by atoms with E-state index in [0.29, 0.717) is 0 Å². The molecule has 1 N–H and O–H groups in total. The highest BCUT2D eigenvalue weighted by Gasteiger charge is 2.27. The lowest BCUT2D eigenvalue weighted by atomic mass is 9.90. The van der Waals surface area contributed by atoms with Gasteiger partial charge in [0.25, 0.3) is 0 Å². The van der Waals surface area contributed by atoms with Crippen LogP contribution in [0.1, 0.15) is 45.4 Å². The summed E-state index contributed by atoms with van der Waals surface area (Å²) in [6, 6.07) is 0. The van der Waals surface area contributed by atoms with E-state index >= 15 is 0 Å². The standard InChI is InChI=1S/C11H20O/c1-3-7-11(12)8-4-5-10(2)6-9-11/h3,10,12H,1,4-9H2,2H3. The summed E-state index contributed by atoms with van der Waals surface area (Å²) >= 11 is 0. The van der Waals surface area contributed by atoms with E-state index in [1.54, 1.807) is 0 Å². The first-order valence-electron chi connectivity index (χ1n) is 4.99. The smallest absolute Gasteiger partial charge is 0.0682 e. The Kier molecular flexibility index (Phi) is 3.33. The monoisotopic (exact) mass is 168 g/mol. The maximum Gasteiger partial charge on any atom is 0.0682 e. The van der Waals surface area contributed by atoms with Gasteiger partial charge in [0, 0.05) is 0 Å². The summed E-state index contributed by atoms with van der Waals surface area (Å²) in [6.07, 6.45) is 8.15. The Morgan fingerprint density at radius 1 is 1.50 bits per heavy atom. The van der Waals surface area contributed by atoms with E-state index in [0.717, 1.165) is 25.2 Å². The van der Waals surface area contributed by atoms with Crippen LogP contribution in [0, 0.1) is 5.92 Å². The van der Waals surface area contributed by atoms with Crippen molar-refractivity contribution in [2.75, 3.05) is 0 Å². The fraction of sp³-hybridized carbons (Fsp3) is 0.818. The molecule has 1 rings (SSSR count). The van der Waals surface area contributed by atoms with Crippen molar-refractivity contribution in [3.8, 4) is 0 Å². The molecule has 2 unspecified atom stereocenters. The highest BCUT2D eigenvalue weighted by Crippen LogP contribution is 2.32. The van der Waals surface area contributed by atoms with Crippen LogP contribution in [-0.4, -0.2) is 10.7 Å². The lowest BCUT2D eigenvalue weighted by Gasteiger charge is -2.24. The Morgan fingerprint density at radius 3 is 2.92 bits per heavy atom. The van der Waals surface area contributed by atoms with E-state index in [-0.39, 0.29) is 0 Å². The van der Waals surface area contributed by atoms with E-state index < -0.39 is 5.60 Å². The van der Waals surface area contributed by atoms with Gasteiger partial charge in [-0.2, -0.15) is 0 Å². The normalized spacial score (nSPS) is 37.3. The van der Waals surface area contributed by atoms with Crippen molar-refractivity contribution >= 4 is 0 Å². The maximum absolute atomic E-state index is 10.1. The maximum atomic E-state index is 10.1. The van der Waals surface area contributed by atoms with Gasteiger partial charge in [-0.3, -0.25) is 0 Å². The fourth-order valence-corrected chi connectivity index (χ4v) is 2.04. The first-order chi connectivity index (χ1) is 5.66. The molecule has 70 valence electrons. The predicted molar refractivity (Wildman–Crippen MR) is 52.0 cm³/mol. The van der Waals surface area contributed by atoms with Crippen LogP contribution in [-0.2, 0) is 0 Å². The molecular formula is C11H20O. The highest BCUT2D eigenvalue weighted by atomic mass is 16.3. The average Bonchev–Trinajstić information content (AvgIpc) is 2.15.